The molecule has 1 aliphatic carbocycles. The second-order valence-corrected chi connectivity index (χ2v) is 5.58. The lowest BCUT2D eigenvalue weighted by molar-refractivity contribution is 0.102. The van der Waals surface area contributed by atoms with E-state index < -0.39 is 0 Å². The van der Waals surface area contributed by atoms with E-state index in [0.29, 0.717) is 23.0 Å². The molecule has 0 aliphatic heterocycles. The van der Waals surface area contributed by atoms with Crippen molar-refractivity contribution in [3.8, 4) is 0 Å². The first-order chi connectivity index (χ1) is 10.7. The highest BCUT2D eigenvalue weighted by atomic mass is 16.1. The average molecular weight is 293 g/mol. The van der Waals surface area contributed by atoms with Crippen LogP contribution in [0.15, 0.2) is 36.7 Å². The third-order valence-electron chi connectivity index (χ3n) is 3.73. The van der Waals surface area contributed by atoms with Crippen molar-refractivity contribution in [2.45, 2.75) is 25.7 Å². The number of carbonyl (C=O) groups is 1. The molecule has 1 saturated carbocycles. The second kappa shape index (κ2) is 4.91. The number of carbonyl (C=O) groups excluding carboxylic acids is 1. The first-order valence-electron chi connectivity index (χ1n) is 7.29. The van der Waals surface area contributed by atoms with Gasteiger partial charge in [-0.2, -0.15) is 5.10 Å². The fourth-order valence-electron chi connectivity index (χ4n) is 2.46. The largest absolute Gasteiger partial charge is 0.321 e. The van der Waals surface area contributed by atoms with Gasteiger partial charge in [0.25, 0.3) is 5.91 Å². The molecule has 1 amide bonds. The van der Waals surface area contributed by atoms with Crippen LogP contribution in [0, 0.1) is 6.92 Å². The average Bonchev–Trinajstić information content (AvgIpc) is 3.29. The predicted octanol–water partition coefficient (Wildman–Crippen LogP) is 2.56. The zero-order valence-electron chi connectivity index (χ0n) is 12.2. The summed E-state index contributed by atoms with van der Waals surface area (Å²) >= 11 is 0. The van der Waals surface area contributed by atoms with Crippen LogP contribution in [0.2, 0.25) is 0 Å². The molecule has 0 aromatic carbocycles. The highest BCUT2D eigenvalue weighted by Gasteiger charge is 2.25. The lowest BCUT2D eigenvalue weighted by Gasteiger charge is -2.06. The van der Waals surface area contributed by atoms with E-state index in [1.807, 2.05) is 25.1 Å². The van der Waals surface area contributed by atoms with Crippen molar-refractivity contribution < 1.29 is 4.79 Å². The molecule has 3 aromatic rings. The minimum absolute atomic E-state index is 0.138. The normalized spacial score (nSPS) is 14.2. The number of anilines is 1. The van der Waals surface area contributed by atoms with Gasteiger partial charge >= 0.3 is 0 Å². The summed E-state index contributed by atoms with van der Waals surface area (Å²) in [5, 5.41) is 7.13. The summed E-state index contributed by atoms with van der Waals surface area (Å²) in [6, 6.07) is 7.27. The number of aromatic nitrogens is 4. The van der Waals surface area contributed by atoms with E-state index in [-0.39, 0.29) is 5.91 Å². The van der Waals surface area contributed by atoms with Crippen LogP contribution in [-0.2, 0) is 0 Å². The first-order valence-corrected chi connectivity index (χ1v) is 7.29. The number of fused-ring (bicyclic) bond motifs is 1. The summed E-state index contributed by atoms with van der Waals surface area (Å²) in [4.78, 5) is 21.0. The van der Waals surface area contributed by atoms with Gasteiger partial charge in [-0.3, -0.25) is 9.78 Å². The van der Waals surface area contributed by atoms with Gasteiger partial charge in [-0.15, -0.1) is 0 Å². The van der Waals surface area contributed by atoms with Crippen molar-refractivity contribution in [1.29, 1.82) is 0 Å². The van der Waals surface area contributed by atoms with Crippen molar-refractivity contribution >= 4 is 17.2 Å². The quantitative estimate of drug-likeness (QED) is 0.805. The summed E-state index contributed by atoms with van der Waals surface area (Å²) in [5.41, 5.74) is 3.09. The van der Waals surface area contributed by atoms with Crippen LogP contribution in [0.5, 0.6) is 0 Å². The van der Waals surface area contributed by atoms with Crippen LogP contribution >= 0.6 is 0 Å². The van der Waals surface area contributed by atoms with Crippen molar-refractivity contribution in [3.63, 3.8) is 0 Å². The topological polar surface area (TPSA) is 72.2 Å². The van der Waals surface area contributed by atoms with Gasteiger partial charge in [-0.05, 0) is 44.0 Å². The number of hydrogen-bond acceptors (Lipinski definition) is 4. The van der Waals surface area contributed by atoms with E-state index in [4.69, 9.17) is 0 Å². The molecule has 0 spiro atoms. The summed E-state index contributed by atoms with van der Waals surface area (Å²) in [6.07, 6.45) is 5.80. The van der Waals surface area contributed by atoms with E-state index >= 15 is 0 Å². The Morgan fingerprint density at radius 3 is 3.00 bits per heavy atom. The molecule has 3 aromatic heterocycles. The molecule has 1 aliphatic rings. The maximum absolute atomic E-state index is 12.4. The number of nitrogens with one attached hydrogen (secondary N) is 1. The molecular formula is C16H15N5O. The molecule has 0 bridgehead atoms. The van der Waals surface area contributed by atoms with Crippen molar-refractivity contribution in [2.24, 2.45) is 0 Å². The van der Waals surface area contributed by atoms with Gasteiger partial charge in [-0.1, -0.05) is 0 Å². The fourth-order valence-corrected chi connectivity index (χ4v) is 2.46. The molecule has 0 radical (unpaired) electrons. The Morgan fingerprint density at radius 1 is 1.32 bits per heavy atom. The van der Waals surface area contributed by atoms with E-state index in [9.17, 15) is 4.79 Å². The van der Waals surface area contributed by atoms with Crippen molar-refractivity contribution in [2.75, 3.05) is 5.32 Å². The number of hydrogen-bond donors (Lipinski definition) is 1. The van der Waals surface area contributed by atoms with E-state index in [1.54, 1.807) is 23.0 Å². The third-order valence-corrected chi connectivity index (χ3v) is 3.73. The van der Waals surface area contributed by atoms with E-state index in [1.165, 1.54) is 12.8 Å². The fraction of sp³-hybridized carbons (Fsp3) is 0.250. The predicted molar refractivity (Wildman–Crippen MR) is 81.9 cm³/mol. The van der Waals surface area contributed by atoms with E-state index in [0.717, 1.165) is 11.3 Å². The molecule has 4 rings (SSSR count). The molecular weight excluding hydrogens is 278 g/mol. The lowest BCUT2D eigenvalue weighted by atomic mass is 10.1. The molecule has 0 atom stereocenters. The maximum Gasteiger partial charge on any atom is 0.255 e. The Labute approximate surface area is 127 Å². The first kappa shape index (κ1) is 12.9. The molecule has 0 saturated heterocycles. The summed E-state index contributed by atoms with van der Waals surface area (Å²) in [6.45, 7) is 1.83. The molecule has 22 heavy (non-hydrogen) atoms. The van der Waals surface area contributed by atoms with Gasteiger partial charge < -0.3 is 5.32 Å². The van der Waals surface area contributed by atoms with Crippen molar-refractivity contribution in [3.05, 3.63) is 53.7 Å². The van der Waals surface area contributed by atoms with Crippen LogP contribution in [-0.4, -0.2) is 25.5 Å². The van der Waals surface area contributed by atoms with E-state index in [2.05, 4.69) is 20.4 Å². The molecule has 1 N–H and O–H groups in total. The Morgan fingerprint density at radius 2 is 2.18 bits per heavy atom. The molecule has 6 nitrogen and oxygen atoms in total. The minimum Gasteiger partial charge on any atom is -0.321 e. The molecule has 3 heterocycles. The smallest absolute Gasteiger partial charge is 0.255 e. The van der Waals surface area contributed by atoms with Crippen LogP contribution in [0.1, 0.15) is 40.6 Å². The van der Waals surface area contributed by atoms with Crippen LogP contribution in [0.4, 0.5) is 5.69 Å². The van der Waals surface area contributed by atoms with Gasteiger partial charge in [0.1, 0.15) is 5.82 Å². The SMILES string of the molecule is Cc1nc2ccc(NC(=O)c3ccnc(C4CC4)c3)cn2n1. The minimum atomic E-state index is -0.138. The Balaban J connectivity index is 1.58. The number of amides is 1. The lowest BCUT2D eigenvalue weighted by Crippen LogP contribution is -2.13. The van der Waals surface area contributed by atoms with Crippen molar-refractivity contribution in [1.82, 2.24) is 19.6 Å². The summed E-state index contributed by atoms with van der Waals surface area (Å²) in [5.74, 6) is 1.09. The summed E-state index contributed by atoms with van der Waals surface area (Å²) in [7, 11) is 0. The number of rotatable bonds is 3. The zero-order chi connectivity index (χ0) is 15.1. The van der Waals surface area contributed by atoms with Crippen LogP contribution in [0.3, 0.4) is 0 Å². The molecule has 110 valence electrons. The third kappa shape index (κ3) is 2.43. The second-order valence-electron chi connectivity index (χ2n) is 5.58. The highest BCUT2D eigenvalue weighted by molar-refractivity contribution is 6.04. The summed E-state index contributed by atoms with van der Waals surface area (Å²) < 4.78 is 1.66. The van der Waals surface area contributed by atoms with Gasteiger partial charge in [0.2, 0.25) is 0 Å². The number of nitrogens with zero attached hydrogens (tertiary/aromatic N) is 4. The van der Waals surface area contributed by atoms with Gasteiger partial charge in [0, 0.05) is 23.4 Å². The monoisotopic (exact) mass is 293 g/mol. The van der Waals surface area contributed by atoms with Gasteiger partial charge in [0.15, 0.2) is 5.65 Å². The van der Waals surface area contributed by atoms with Gasteiger partial charge in [-0.25, -0.2) is 9.50 Å². The highest BCUT2D eigenvalue weighted by Crippen LogP contribution is 2.38. The molecule has 1 fully saturated rings. The Bertz CT molecular complexity index is 866. The standard InChI is InChI=1S/C16H15N5O/c1-10-18-15-5-4-13(9-21(15)20-10)19-16(22)12-6-7-17-14(8-12)11-2-3-11/h4-9,11H,2-3H2,1H3,(H,19,22). The Kier molecular flexibility index (Phi) is 2.89. The Hall–Kier alpha value is -2.76. The molecule has 0 unspecified atom stereocenters. The zero-order valence-corrected chi connectivity index (χ0v) is 12.2. The number of pyridine rings is 2. The van der Waals surface area contributed by atoms with Gasteiger partial charge in [0.05, 0.1) is 11.9 Å². The van der Waals surface area contributed by atoms with Crippen LogP contribution in [0.25, 0.3) is 5.65 Å². The van der Waals surface area contributed by atoms with Crippen LogP contribution < -0.4 is 5.32 Å². The molecule has 6 heteroatoms. The number of aryl methyl sites for hydroxylation is 1. The maximum atomic E-state index is 12.4.